The Bertz CT molecular complexity index is 321. The number of nitrogens with one attached hydrogen (secondary N) is 1. The van der Waals surface area contributed by atoms with Gasteiger partial charge in [-0.2, -0.15) is 5.10 Å². The summed E-state index contributed by atoms with van der Waals surface area (Å²) in [5, 5.41) is 16.3. The van der Waals surface area contributed by atoms with Gasteiger partial charge in [0.15, 0.2) is 0 Å². The number of nitrogens with zero attached hydrogens (tertiary/aromatic N) is 1. The first-order valence-electron chi connectivity index (χ1n) is 5.86. The molecule has 1 aliphatic rings. The smallest absolute Gasteiger partial charge is 0.124 e. The maximum absolute atomic E-state index is 9.88. The van der Waals surface area contributed by atoms with Crippen molar-refractivity contribution in [1.29, 1.82) is 0 Å². The fourth-order valence-electron chi connectivity index (χ4n) is 2.14. The predicted molar refractivity (Wildman–Crippen MR) is 60.8 cm³/mol. The van der Waals surface area contributed by atoms with Gasteiger partial charge in [0.25, 0.3) is 0 Å². The summed E-state index contributed by atoms with van der Waals surface area (Å²) in [5.41, 5.74) is 6.33. The van der Waals surface area contributed by atoms with Gasteiger partial charge < -0.3 is 15.6 Å². The van der Waals surface area contributed by atoms with E-state index in [0.29, 0.717) is 23.9 Å². The van der Waals surface area contributed by atoms with Gasteiger partial charge in [-0.15, -0.1) is 0 Å². The van der Waals surface area contributed by atoms with E-state index in [1.807, 2.05) is 0 Å². The molecule has 16 heavy (non-hydrogen) atoms. The average molecular weight is 225 g/mol. The van der Waals surface area contributed by atoms with E-state index in [9.17, 15) is 5.11 Å². The summed E-state index contributed by atoms with van der Waals surface area (Å²) >= 11 is 0. The second-order valence-electron chi connectivity index (χ2n) is 4.32. The molecule has 1 saturated heterocycles. The van der Waals surface area contributed by atoms with Crippen LogP contribution >= 0.6 is 0 Å². The normalized spacial score (nSPS) is 22.4. The lowest BCUT2D eigenvalue weighted by Gasteiger charge is -2.12. The van der Waals surface area contributed by atoms with Gasteiger partial charge in [0, 0.05) is 12.2 Å². The molecule has 1 aromatic rings. The van der Waals surface area contributed by atoms with Crippen molar-refractivity contribution < 1.29 is 9.84 Å². The van der Waals surface area contributed by atoms with Crippen LogP contribution in [0, 0.1) is 0 Å². The molecule has 5 nitrogen and oxygen atoms in total. The Morgan fingerprint density at radius 2 is 2.56 bits per heavy atom. The fourth-order valence-corrected chi connectivity index (χ4v) is 2.14. The highest BCUT2D eigenvalue weighted by atomic mass is 16.5. The fraction of sp³-hybridized carbons (Fsp3) is 0.727. The second kappa shape index (κ2) is 5.32. The molecule has 0 saturated carbocycles. The largest absolute Gasteiger partial charge is 0.388 e. The molecule has 2 heterocycles. The third-order valence-electron chi connectivity index (χ3n) is 3.09. The zero-order valence-electron chi connectivity index (χ0n) is 9.35. The molecule has 5 heteroatoms. The van der Waals surface area contributed by atoms with Crippen LogP contribution in [-0.2, 0) is 4.74 Å². The number of ether oxygens (including phenoxy) is 1. The van der Waals surface area contributed by atoms with Crippen molar-refractivity contribution in [3.05, 3.63) is 11.8 Å². The van der Waals surface area contributed by atoms with E-state index in [-0.39, 0.29) is 0 Å². The van der Waals surface area contributed by atoms with Gasteiger partial charge in [-0.1, -0.05) is 0 Å². The molecule has 0 amide bonds. The van der Waals surface area contributed by atoms with Gasteiger partial charge in [-0.25, -0.2) is 0 Å². The standard InChI is InChI=1S/C11H19N3O2/c12-11-9(7-13-14-11)10(15)5-1-3-8-4-2-6-16-8/h7-8,10,15H,1-6H2,(H3,12,13,14). The molecule has 0 aromatic carbocycles. The summed E-state index contributed by atoms with van der Waals surface area (Å²) in [6.45, 7) is 0.891. The predicted octanol–water partition coefficient (Wildman–Crippen LogP) is 1.37. The van der Waals surface area contributed by atoms with Crippen LogP contribution in [-0.4, -0.2) is 28.0 Å². The Morgan fingerprint density at radius 1 is 1.69 bits per heavy atom. The topological polar surface area (TPSA) is 84.2 Å². The van der Waals surface area contributed by atoms with E-state index in [4.69, 9.17) is 10.5 Å². The van der Waals surface area contributed by atoms with Crippen LogP contribution in [0.15, 0.2) is 6.20 Å². The second-order valence-corrected chi connectivity index (χ2v) is 4.32. The molecule has 1 fully saturated rings. The monoisotopic (exact) mass is 225 g/mol. The van der Waals surface area contributed by atoms with Crippen molar-refractivity contribution in [2.75, 3.05) is 12.3 Å². The number of aliphatic hydroxyl groups is 1. The Hall–Kier alpha value is -1.07. The van der Waals surface area contributed by atoms with E-state index >= 15 is 0 Å². The van der Waals surface area contributed by atoms with Crippen molar-refractivity contribution >= 4 is 5.82 Å². The first kappa shape index (κ1) is 11.4. The van der Waals surface area contributed by atoms with Crippen LogP contribution in [0.5, 0.6) is 0 Å². The number of aromatic amines is 1. The summed E-state index contributed by atoms with van der Waals surface area (Å²) in [4.78, 5) is 0. The number of anilines is 1. The molecule has 2 atom stereocenters. The first-order valence-corrected chi connectivity index (χ1v) is 5.86. The van der Waals surface area contributed by atoms with E-state index in [1.165, 1.54) is 6.42 Å². The molecule has 90 valence electrons. The summed E-state index contributed by atoms with van der Waals surface area (Å²) in [7, 11) is 0. The maximum atomic E-state index is 9.88. The number of H-pyrrole nitrogens is 1. The minimum Gasteiger partial charge on any atom is -0.388 e. The molecule has 0 bridgehead atoms. The summed E-state index contributed by atoms with van der Waals surface area (Å²) in [6, 6.07) is 0. The average Bonchev–Trinajstić information content (AvgIpc) is 2.88. The van der Waals surface area contributed by atoms with E-state index in [1.54, 1.807) is 6.20 Å². The lowest BCUT2D eigenvalue weighted by Crippen LogP contribution is -2.06. The summed E-state index contributed by atoms with van der Waals surface area (Å²) < 4.78 is 5.52. The molecule has 0 radical (unpaired) electrons. The lowest BCUT2D eigenvalue weighted by molar-refractivity contribution is 0.0945. The van der Waals surface area contributed by atoms with Crippen LogP contribution in [0.1, 0.15) is 43.8 Å². The van der Waals surface area contributed by atoms with Gasteiger partial charge in [0.05, 0.1) is 18.4 Å². The van der Waals surface area contributed by atoms with E-state index in [2.05, 4.69) is 10.2 Å². The molecule has 2 rings (SSSR count). The van der Waals surface area contributed by atoms with Crippen LogP contribution in [0.4, 0.5) is 5.82 Å². The van der Waals surface area contributed by atoms with Crippen LogP contribution in [0.2, 0.25) is 0 Å². The molecular weight excluding hydrogens is 206 g/mol. The van der Waals surface area contributed by atoms with Gasteiger partial charge in [0.2, 0.25) is 0 Å². The first-order chi connectivity index (χ1) is 7.77. The number of rotatable bonds is 5. The third kappa shape index (κ3) is 2.74. The van der Waals surface area contributed by atoms with Crippen molar-refractivity contribution in [1.82, 2.24) is 10.2 Å². The minimum atomic E-state index is -0.514. The zero-order valence-corrected chi connectivity index (χ0v) is 9.35. The van der Waals surface area contributed by atoms with Gasteiger partial charge in [-0.3, -0.25) is 5.10 Å². The highest BCUT2D eigenvalue weighted by Gasteiger charge is 2.17. The molecule has 1 aliphatic heterocycles. The van der Waals surface area contributed by atoms with Crippen molar-refractivity contribution in [2.45, 2.75) is 44.3 Å². The van der Waals surface area contributed by atoms with Crippen LogP contribution in [0.25, 0.3) is 0 Å². The molecule has 2 unspecified atom stereocenters. The van der Waals surface area contributed by atoms with Gasteiger partial charge in [-0.05, 0) is 32.1 Å². The summed E-state index contributed by atoms with van der Waals surface area (Å²) in [5.74, 6) is 0.463. The van der Waals surface area contributed by atoms with Gasteiger partial charge in [0.1, 0.15) is 5.82 Å². The Balaban J connectivity index is 1.71. The highest BCUT2D eigenvalue weighted by molar-refractivity contribution is 5.38. The Labute approximate surface area is 95.0 Å². The van der Waals surface area contributed by atoms with Crippen LogP contribution < -0.4 is 5.73 Å². The highest BCUT2D eigenvalue weighted by Crippen LogP contribution is 2.25. The number of nitrogen functional groups attached to an aromatic ring is 1. The quantitative estimate of drug-likeness (QED) is 0.706. The molecule has 4 N–H and O–H groups in total. The van der Waals surface area contributed by atoms with Crippen molar-refractivity contribution in [2.24, 2.45) is 0 Å². The number of hydrogen-bond donors (Lipinski definition) is 3. The minimum absolute atomic E-state index is 0.397. The number of nitrogens with two attached hydrogens (primary N) is 1. The Kier molecular flexibility index (Phi) is 3.79. The number of aromatic nitrogens is 2. The molecular formula is C11H19N3O2. The molecule has 0 spiro atoms. The third-order valence-corrected chi connectivity index (χ3v) is 3.09. The summed E-state index contributed by atoms with van der Waals surface area (Å²) in [6.07, 6.45) is 6.49. The zero-order chi connectivity index (χ0) is 11.4. The number of aliphatic hydroxyl groups excluding tert-OH is 1. The van der Waals surface area contributed by atoms with Crippen molar-refractivity contribution in [3.63, 3.8) is 0 Å². The molecule has 1 aromatic heterocycles. The van der Waals surface area contributed by atoms with Gasteiger partial charge >= 0.3 is 0 Å². The SMILES string of the molecule is Nc1[nH]ncc1C(O)CCCC1CCCO1. The van der Waals surface area contributed by atoms with E-state index < -0.39 is 6.10 Å². The lowest BCUT2D eigenvalue weighted by atomic mass is 10.0. The molecule has 0 aliphatic carbocycles. The number of hydrogen-bond acceptors (Lipinski definition) is 4. The van der Waals surface area contributed by atoms with E-state index in [0.717, 1.165) is 25.9 Å². The van der Waals surface area contributed by atoms with Crippen molar-refractivity contribution in [3.8, 4) is 0 Å². The maximum Gasteiger partial charge on any atom is 0.124 e. The van der Waals surface area contributed by atoms with Crippen LogP contribution in [0.3, 0.4) is 0 Å². The Morgan fingerprint density at radius 3 is 3.19 bits per heavy atom.